The van der Waals surface area contributed by atoms with Crippen molar-refractivity contribution in [1.82, 2.24) is 4.98 Å². The Hall–Kier alpha value is -0.370. The van der Waals surface area contributed by atoms with Crippen molar-refractivity contribution in [2.24, 2.45) is 0 Å². The van der Waals surface area contributed by atoms with Gasteiger partial charge in [-0.3, -0.25) is 4.98 Å². The molecule has 0 aliphatic rings. The van der Waals surface area contributed by atoms with Crippen LogP contribution in [0, 0.1) is 6.92 Å². The van der Waals surface area contributed by atoms with E-state index in [-0.39, 0.29) is 0 Å². The Morgan fingerprint density at radius 3 is 2.62 bits per heavy atom. The molecule has 1 heterocycles. The molecule has 0 amide bonds. The average Bonchev–Trinajstić information content (AvgIpc) is 2.04. The Labute approximate surface area is 88.7 Å². The lowest BCUT2D eigenvalue weighted by Crippen LogP contribution is -2.09. The smallest absolute Gasteiger partial charge is 0.0448 e. The van der Waals surface area contributed by atoms with Gasteiger partial charge < -0.3 is 0 Å². The second-order valence-corrected chi connectivity index (χ2v) is 4.84. The van der Waals surface area contributed by atoms with Crippen LogP contribution in [0.4, 0.5) is 0 Å². The largest absolute Gasteiger partial charge is 0.258 e. The molecule has 2 unspecified atom stereocenters. The van der Waals surface area contributed by atoms with Gasteiger partial charge in [-0.15, -0.1) is 0 Å². The summed E-state index contributed by atoms with van der Waals surface area (Å²) in [6.45, 7) is 6.42. The topological polar surface area (TPSA) is 12.9 Å². The summed E-state index contributed by atoms with van der Waals surface area (Å²) >= 11 is 3.62. The number of hydrogen-bond donors (Lipinski definition) is 0. The van der Waals surface area contributed by atoms with Gasteiger partial charge in [0.25, 0.3) is 0 Å². The Bertz CT molecular complexity index is 271. The maximum Gasteiger partial charge on any atom is 0.0448 e. The molecular formula is C11H16BrN. The zero-order valence-electron chi connectivity index (χ0n) is 8.42. The van der Waals surface area contributed by atoms with Crippen LogP contribution in [0.25, 0.3) is 0 Å². The molecule has 1 nitrogen and oxygen atoms in total. The van der Waals surface area contributed by atoms with E-state index < -0.39 is 0 Å². The minimum atomic E-state index is 0.492. The molecule has 0 aliphatic carbocycles. The van der Waals surface area contributed by atoms with Crippen LogP contribution in [0.15, 0.2) is 18.2 Å². The third kappa shape index (κ3) is 2.80. The van der Waals surface area contributed by atoms with Crippen molar-refractivity contribution >= 4 is 15.9 Å². The number of nitrogens with zero attached hydrogens (tertiary/aromatic N) is 1. The first kappa shape index (κ1) is 10.7. The van der Waals surface area contributed by atoms with E-state index in [0.717, 1.165) is 12.1 Å². The molecule has 1 aromatic heterocycles. The van der Waals surface area contributed by atoms with E-state index >= 15 is 0 Å². The fourth-order valence-electron chi connectivity index (χ4n) is 1.54. The van der Waals surface area contributed by atoms with Crippen LogP contribution in [-0.4, -0.2) is 9.81 Å². The molecule has 0 aliphatic heterocycles. The lowest BCUT2D eigenvalue weighted by atomic mass is 9.98. The Kier molecular flexibility index (Phi) is 3.91. The van der Waals surface area contributed by atoms with Crippen LogP contribution in [0.1, 0.15) is 37.6 Å². The lowest BCUT2D eigenvalue weighted by molar-refractivity contribution is 0.641. The van der Waals surface area contributed by atoms with Crippen molar-refractivity contribution in [3.63, 3.8) is 0 Å². The first-order valence-corrected chi connectivity index (χ1v) is 5.64. The summed E-state index contributed by atoms with van der Waals surface area (Å²) < 4.78 is 0. The Balaban J connectivity index is 2.91. The van der Waals surface area contributed by atoms with Gasteiger partial charge in [-0.05, 0) is 25.5 Å². The van der Waals surface area contributed by atoms with E-state index in [1.807, 2.05) is 13.0 Å². The van der Waals surface area contributed by atoms with Crippen molar-refractivity contribution < 1.29 is 0 Å². The van der Waals surface area contributed by atoms with Gasteiger partial charge in [-0.1, -0.05) is 35.8 Å². The number of hydrogen-bond acceptors (Lipinski definition) is 1. The number of halogens is 1. The van der Waals surface area contributed by atoms with Crippen LogP contribution >= 0.6 is 15.9 Å². The minimum absolute atomic E-state index is 0.492. The van der Waals surface area contributed by atoms with Gasteiger partial charge in [0.15, 0.2) is 0 Å². The predicted octanol–water partition coefficient (Wildman–Crippen LogP) is 3.67. The summed E-state index contributed by atoms with van der Waals surface area (Å²) in [5.41, 5.74) is 2.30. The molecule has 0 aromatic carbocycles. The average molecular weight is 242 g/mol. The van der Waals surface area contributed by atoms with E-state index in [9.17, 15) is 0 Å². The van der Waals surface area contributed by atoms with Crippen LogP contribution in [-0.2, 0) is 0 Å². The lowest BCUT2D eigenvalue weighted by Gasteiger charge is -2.17. The van der Waals surface area contributed by atoms with E-state index in [0.29, 0.717) is 10.7 Å². The molecule has 0 spiro atoms. The van der Waals surface area contributed by atoms with Gasteiger partial charge in [0.1, 0.15) is 0 Å². The molecule has 0 radical (unpaired) electrons. The van der Waals surface area contributed by atoms with Crippen LogP contribution in [0.5, 0.6) is 0 Å². The highest BCUT2D eigenvalue weighted by molar-refractivity contribution is 9.09. The SMILES string of the molecule is CCC(c1cccc(C)n1)C(C)Br. The molecule has 0 fully saturated rings. The number of aryl methyl sites for hydroxylation is 1. The zero-order chi connectivity index (χ0) is 9.84. The highest BCUT2D eigenvalue weighted by Gasteiger charge is 2.15. The maximum absolute atomic E-state index is 4.54. The Morgan fingerprint density at radius 1 is 1.46 bits per heavy atom. The van der Waals surface area contributed by atoms with Gasteiger partial charge in [0.05, 0.1) is 0 Å². The quantitative estimate of drug-likeness (QED) is 0.737. The molecule has 1 aromatic rings. The number of aromatic nitrogens is 1. The monoisotopic (exact) mass is 241 g/mol. The van der Waals surface area contributed by atoms with Gasteiger partial charge in [-0.2, -0.15) is 0 Å². The van der Waals surface area contributed by atoms with Gasteiger partial charge in [-0.25, -0.2) is 0 Å². The first-order valence-electron chi connectivity index (χ1n) is 4.72. The highest BCUT2D eigenvalue weighted by atomic mass is 79.9. The minimum Gasteiger partial charge on any atom is -0.258 e. The zero-order valence-corrected chi connectivity index (χ0v) is 10.0. The van der Waals surface area contributed by atoms with Crippen molar-refractivity contribution in [2.75, 3.05) is 0 Å². The fraction of sp³-hybridized carbons (Fsp3) is 0.545. The van der Waals surface area contributed by atoms with Crippen molar-refractivity contribution in [3.8, 4) is 0 Å². The number of rotatable bonds is 3. The van der Waals surface area contributed by atoms with Crippen LogP contribution in [0.2, 0.25) is 0 Å². The van der Waals surface area contributed by atoms with Crippen LogP contribution in [0.3, 0.4) is 0 Å². The predicted molar refractivity (Wildman–Crippen MR) is 60.4 cm³/mol. The Morgan fingerprint density at radius 2 is 2.15 bits per heavy atom. The van der Waals surface area contributed by atoms with Gasteiger partial charge in [0, 0.05) is 22.1 Å². The molecule has 2 heteroatoms. The van der Waals surface area contributed by atoms with Crippen molar-refractivity contribution in [1.29, 1.82) is 0 Å². The molecule has 0 saturated carbocycles. The molecule has 0 saturated heterocycles. The molecular weight excluding hydrogens is 226 g/mol. The highest BCUT2D eigenvalue weighted by Crippen LogP contribution is 2.26. The summed E-state index contributed by atoms with van der Waals surface area (Å²) in [7, 11) is 0. The van der Waals surface area contributed by atoms with Crippen molar-refractivity contribution in [3.05, 3.63) is 29.6 Å². The van der Waals surface area contributed by atoms with Gasteiger partial charge in [0.2, 0.25) is 0 Å². The second kappa shape index (κ2) is 4.75. The molecule has 2 atom stereocenters. The third-order valence-electron chi connectivity index (χ3n) is 2.28. The van der Waals surface area contributed by atoms with E-state index in [2.05, 4.69) is 46.9 Å². The molecule has 1 rings (SSSR count). The molecule has 0 N–H and O–H groups in total. The van der Waals surface area contributed by atoms with E-state index in [4.69, 9.17) is 0 Å². The summed E-state index contributed by atoms with van der Waals surface area (Å²) in [6, 6.07) is 6.23. The first-order chi connectivity index (χ1) is 6.15. The van der Waals surface area contributed by atoms with E-state index in [1.54, 1.807) is 0 Å². The molecule has 13 heavy (non-hydrogen) atoms. The summed E-state index contributed by atoms with van der Waals surface area (Å²) in [5.74, 6) is 0.528. The normalized spacial score (nSPS) is 15.4. The van der Waals surface area contributed by atoms with Crippen LogP contribution < -0.4 is 0 Å². The standard InChI is InChI=1S/C11H16BrN/c1-4-10(9(3)12)11-7-5-6-8(2)13-11/h5-7,9-10H,4H2,1-3H3. The van der Waals surface area contributed by atoms with E-state index in [1.165, 1.54) is 5.69 Å². The second-order valence-electron chi connectivity index (χ2n) is 3.40. The van der Waals surface area contributed by atoms with Crippen molar-refractivity contribution in [2.45, 2.75) is 37.9 Å². The van der Waals surface area contributed by atoms with Gasteiger partial charge >= 0.3 is 0 Å². The summed E-state index contributed by atoms with van der Waals surface area (Å²) in [4.78, 5) is 5.03. The fourth-order valence-corrected chi connectivity index (χ4v) is 2.18. The maximum atomic E-state index is 4.54. The number of pyridine rings is 1. The molecule has 0 bridgehead atoms. The molecule has 72 valence electrons. The summed E-state index contributed by atoms with van der Waals surface area (Å²) in [5, 5.41) is 0. The number of alkyl halides is 1. The summed E-state index contributed by atoms with van der Waals surface area (Å²) in [6.07, 6.45) is 1.13. The third-order valence-corrected chi connectivity index (χ3v) is 2.92.